The number of hydrogen-bond acceptors (Lipinski definition) is 3. The first kappa shape index (κ1) is 13.1. The molecule has 3 nitrogen and oxygen atoms in total. The van der Waals surface area contributed by atoms with Crippen LogP contribution in [0, 0.1) is 11.8 Å². The Bertz CT molecular complexity index is 377. The fraction of sp³-hybridized carbons (Fsp3) is 0.533. The van der Waals surface area contributed by atoms with E-state index in [4.69, 9.17) is 4.74 Å². The Morgan fingerprint density at radius 1 is 1.33 bits per heavy atom. The van der Waals surface area contributed by atoms with Gasteiger partial charge in [-0.2, -0.15) is 0 Å². The minimum absolute atomic E-state index is 0.0208. The van der Waals surface area contributed by atoms with Crippen molar-refractivity contribution >= 4 is 5.97 Å². The highest BCUT2D eigenvalue weighted by atomic mass is 16.5. The molecule has 1 aromatic carbocycles. The molecular weight excluding hydrogens is 226 g/mol. The van der Waals surface area contributed by atoms with Crippen LogP contribution < -0.4 is 5.32 Å². The molecule has 2 atom stereocenters. The number of benzene rings is 1. The van der Waals surface area contributed by atoms with Crippen LogP contribution in [-0.4, -0.2) is 25.7 Å². The van der Waals surface area contributed by atoms with Gasteiger partial charge in [0.2, 0.25) is 0 Å². The summed E-state index contributed by atoms with van der Waals surface area (Å²) in [5, 5.41) is 3.34. The molecule has 1 heterocycles. The van der Waals surface area contributed by atoms with Crippen molar-refractivity contribution in [2.75, 3.05) is 19.7 Å². The fourth-order valence-corrected chi connectivity index (χ4v) is 2.57. The van der Waals surface area contributed by atoms with Crippen molar-refractivity contribution in [2.24, 2.45) is 11.8 Å². The van der Waals surface area contributed by atoms with Gasteiger partial charge in [0.05, 0.1) is 12.5 Å². The van der Waals surface area contributed by atoms with Gasteiger partial charge in [-0.25, -0.2) is 0 Å². The summed E-state index contributed by atoms with van der Waals surface area (Å²) in [6.07, 6.45) is 1.96. The van der Waals surface area contributed by atoms with Gasteiger partial charge in [0, 0.05) is 6.54 Å². The number of carbonyl (C=O) groups is 1. The average molecular weight is 247 g/mol. The molecule has 0 saturated carbocycles. The molecule has 0 spiro atoms. The van der Waals surface area contributed by atoms with Crippen LogP contribution in [0.3, 0.4) is 0 Å². The predicted molar refractivity (Wildman–Crippen MR) is 71.2 cm³/mol. The molecule has 1 fully saturated rings. The van der Waals surface area contributed by atoms with Crippen LogP contribution >= 0.6 is 0 Å². The van der Waals surface area contributed by atoms with E-state index in [-0.39, 0.29) is 11.9 Å². The minimum Gasteiger partial charge on any atom is -0.466 e. The molecule has 0 radical (unpaired) electrons. The van der Waals surface area contributed by atoms with Gasteiger partial charge in [0.15, 0.2) is 0 Å². The SMILES string of the molecule is CCOC(=O)C1CNCC(Cc2ccccc2)C1. The van der Waals surface area contributed by atoms with Crippen LogP contribution in [-0.2, 0) is 16.0 Å². The molecule has 1 aliphatic heterocycles. The van der Waals surface area contributed by atoms with Gasteiger partial charge in [-0.1, -0.05) is 30.3 Å². The van der Waals surface area contributed by atoms with Crippen LogP contribution in [0.4, 0.5) is 0 Å². The fourth-order valence-electron chi connectivity index (χ4n) is 2.57. The largest absolute Gasteiger partial charge is 0.466 e. The van der Waals surface area contributed by atoms with E-state index in [1.165, 1.54) is 5.56 Å². The average Bonchev–Trinajstić information content (AvgIpc) is 2.40. The lowest BCUT2D eigenvalue weighted by Crippen LogP contribution is -2.41. The molecular formula is C15H21NO2. The van der Waals surface area contributed by atoms with E-state index >= 15 is 0 Å². The molecule has 18 heavy (non-hydrogen) atoms. The van der Waals surface area contributed by atoms with E-state index in [9.17, 15) is 4.79 Å². The summed E-state index contributed by atoms with van der Waals surface area (Å²) in [4.78, 5) is 11.7. The van der Waals surface area contributed by atoms with Crippen molar-refractivity contribution < 1.29 is 9.53 Å². The topological polar surface area (TPSA) is 38.3 Å². The Morgan fingerprint density at radius 2 is 2.11 bits per heavy atom. The van der Waals surface area contributed by atoms with Gasteiger partial charge in [0.25, 0.3) is 0 Å². The Hall–Kier alpha value is -1.35. The summed E-state index contributed by atoms with van der Waals surface area (Å²) < 4.78 is 5.10. The zero-order valence-electron chi connectivity index (χ0n) is 10.9. The van der Waals surface area contributed by atoms with Crippen LogP contribution in [0.15, 0.2) is 30.3 Å². The van der Waals surface area contributed by atoms with Gasteiger partial charge in [-0.3, -0.25) is 4.79 Å². The monoisotopic (exact) mass is 247 g/mol. The predicted octanol–water partition coefficient (Wildman–Crippen LogP) is 2.02. The van der Waals surface area contributed by atoms with Crippen LogP contribution in [0.5, 0.6) is 0 Å². The third-order valence-electron chi connectivity index (χ3n) is 3.43. The quantitative estimate of drug-likeness (QED) is 0.827. The maximum atomic E-state index is 11.7. The second-order valence-electron chi connectivity index (χ2n) is 4.90. The van der Waals surface area contributed by atoms with Gasteiger partial charge in [-0.15, -0.1) is 0 Å². The standard InChI is InChI=1S/C15H21NO2/c1-2-18-15(17)14-9-13(10-16-11-14)8-12-6-4-3-5-7-12/h3-7,13-14,16H,2,8-11H2,1H3. The normalized spacial score (nSPS) is 23.6. The van der Waals surface area contributed by atoms with Crippen LogP contribution in [0.25, 0.3) is 0 Å². The summed E-state index contributed by atoms with van der Waals surface area (Å²) in [6.45, 7) is 4.07. The summed E-state index contributed by atoms with van der Waals surface area (Å²) in [7, 11) is 0. The van der Waals surface area contributed by atoms with Gasteiger partial charge >= 0.3 is 5.97 Å². The van der Waals surface area contributed by atoms with E-state index in [0.29, 0.717) is 12.5 Å². The van der Waals surface area contributed by atoms with Gasteiger partial charge < -0.3 is 10.1 Å². The zero-order valence-corrected chi connectivity index (χ0v) is 10.9. The molecule has 0 aromatic heterocycles. The highest BCUT2D eigenvalue weighted by molar-refractivity contribution is 5.72. The van der Waals surface area contributed by atoms with Crippen LogP contribution in [0.1, 0.15) is 18.9 Å². The number of carbonyl (C=O) groups excluding carboxylic acids is 1. The number of ether oxygens (including phenoxy) is 1. The lowest BCUT2D eigenvalue weighted by atomic mass is 9.86. The van der Waals surface area contributed by atoms with E-state index in [0.717, 1.165) is 25.9 Å². The minimum atomic E-state index is -0.0530. The maximum absolute atomic E-state index is 11.7. The lowest BCUT2D eigenvalue weighted by Gasteiger charge is -2.28. The maximum Gasteiger partial charge on any atom is 0.310 e. The van der Waals surface area contributed by atoms with Gasteiger partial charge in [-0.05, 0) is 37.8 Å². The van der Waals surface area contributed by atoms with Crippen molar-refractivity contribution in [3.63, 3.8) is 0 Å². The molecule has 2 rings (SSSR count). The number of piperidine rings is 1. The summed E-state index contributed by atoms with van der Waals surface area (Å²) in [5.41, 5.74) is 1.34. The highest BCUT2D eigenvalue weighted by Crippen LogP contribution is 2.21. The zero-order chi connectivity index (χ0) is 12.8. The number of rotatable bonds is 4. The van der Waals surface area contributed by atoms with E-state index < -0.39 is 0 Å². The van der Waals surface area contributed by atoms with Crippen molar-refractivity contribution in [3.05, 3.63) is 35.9 Å². The summed E-state index contributed by atoms with van der Waals surface area (Å²) >= 11 is 0. The molecule has 0 bridgehead atoms. The Balaban J connectivity index is 1.89. The van der Waals surface area contributed by atoms with E-state index in [1.807, 2.05) is 13.0 Å². The van der Waals surface area contributed by atoms with E-state index in [2.05, 4.69) is 29.6 Å². The Kier molecular flexibility index (Phi) is 4.76. The first-order valence-electron chi connectivity index (χ1n) is 6.71. The molecule has 98 valence electrons. The second-order valence-corrected chi connectivity index (χ2v) is 4.90. The molecule has 1 N–H and O–H groups in total. The van der Waals surface area contributed by atoms with Crippen molar-refractivity contribution in [3.8, 4) is 0 Å². The molecule has 3 heteroatoms. The third kappa shape index (κ3) is 3.57. The summed E-state index contributed by atoms with van der Waals surface area (Å²) in [6, 6.07) is 10.5. The lowest BCUT2D eigenvalue weighted by molar-refractivity contribution is -0.149. The first-order valence-corrected chi connectivity index (χ1v) is 6.71. The third-order valence-corrected chi connectivity index (χ3v) is 3.43. The van der Waals surface area contributed by atoms with Crippen molar-refractivity contribution in [1.29, 1.82) is 0 Å². The molecule has 0 amide bonds. The molecule has 1 aliphatic rings. The molecule has 1 saturated heterocycles. The van der Waals surface area contributed by atoms with Crippen LogP contribution in [0.2, 0.25) is 0 Å². The molecule has 1 aromatic rings. The number of esters is 1. The highest BCUT2D eigenvalue weighted by Gasteiger charge is 2.27. The van der Waals surface area contributed by atoms with Crippen molar-refractivity contribution in [2.45, 2.75) is 19.8 Å². The summed E-state index contributed by atoms with van der Waals surface area (Å²) in [5.74, 6) is 0.491. The molecule has 0 aliphatic carbocycles. The van der Waals surface area contributed by atoms with Crippen molar-refractivity contribution in [1.82, 2.24) is 5.32 Å². The second kappa shape index (κ2) is 6.55. The Morgan fingerprint density at radius 3 is 2.83 bits per heavy atom. The van der Waals surface area contributed by atoms with E-state index in [1.54, 1.807) is 0 Å². The molecule has 2 unspecified atom stereocenters. The number of nitrogens with one attached hydrogen (secondary N) is 1. The first-order chi connectivity index (χ1) is 8.79. The number of hydrogen-bond donors (Lipinski definition) is 1. The Labute approximate surface area is 109 Å². The van der Waals surface area contributed by atoms with Gasteiger partial charge in [0.1, 0.15) is 0 Å². The smallest absolute Gasteiger partial charge is 0.310 e.